The van der Waals surface area contributed by atoms with Gasteiger partial charge in [0.1, 0.15) is 0 Å². The Hall–Kier alpha value is -1.16. The molecule has 0 radical (unpaired) electrons. The van der Waals surface area contributed by atoms with Crippen molar-refractivity contribution in [3.8, 4) is 0 Å². The third-order valence-corrected chi connectivity index (χ3v) is 7.72. The largest absolute Gasteiger partial charge is 0.412 e. The molecule has 2 heterocycles. The summed E-state index contributed by atoms with van der Waals surface area (Å²) in [7, 11) is 1.82. The molecule has 8 nitrogen and oxygen atoms in total. The molecule has 0 aromatic heterocycles. The van der Waals surface area contributed by atoms with Crippen LogP contribution in [0.1, 0.15) is 75.5 Å². The van der Waals surface area contributed by atoms with Crippen molar-refractivity contribution < 1.29 is 17.8 Å². The van der Waals surface area contributed by atoms with Gasteiger partial charge >= 0.3 is 0 Å². The lowest BCUT2D eigenvalue weighted by Crippen LogP contribution is -2.44. The highest BCUT2D eigenvalue weighted by molar-refractivity contribution is 5.12. The summed E-state index contributed by atoms with van der Waals surface area (Å²) in [5.41, 5.74) is 8.78. The number of hydrogen-bond donors (Lipinski definition) is 4. The molecule has 4 unspecified atom stereocenters. The van der Waals surface area contributed by atoms with Crippen LogP contribution in [0.4, 0.5) is 0 Å². The van der Waals surface area contributed by atoms with Crippen molar-refractivity contribution in [1.29, 1.82) is 0 Å². The number of rotatable bonds is 12. The Labute approximate surface area is 224 Å². The van der Waals surface area contributed by atoms with E-state index < -0.39 is 0 Å². The number of hydrogen-bond acceptors (Lipinski definition) is 7. The van der Waals surface area contributed by atoms with Crippen molar-refractivity contribution in [3.05, 3.63) is 24.0 Å². The topological polar surface area (TPSA) is 115 Å². The summed E-state index contributed by atoms with van der Waals surface area (Å²) < 4.78 is 10.9. The molecule has 6 atom stereocenters. The fraction of sp³-hybridized carbons (Fsp3) is 0.857. The van der Waals surface area contributed by atoms with Gasteiger partial charge in [-0.25, -0.2) is 0 Å². The van der Waals surface area contributed by atoms with Crippen LogP contribution in [0.5, 0.6) is 0 Å². The first kappa shape index (κ1) is 32.9. The van der Waals surface area contributed by atoms with Crippen LogP contribution in [0.25, 0.3) is 0 Å². The van der Waals surface area contributed by atoms with Crippen molar-refractivity contribution in [1.82, 2.24) is 20.9 Å². The third kappa shape index (κ3) is 11.1. The minimum Gasteiger partial charge on any atom is -0.412 e. The van der Waals surface area contributed by atoms with Gasteiger partial charge in [-0.15, -0.1) is 0 Å². The van der Waals surface area contributed by atoms with Gasteiger partial charge < -0.3 is 41.5 Å². The van der Waals surface area contributed by atoms with Gasteiger partial charge in [0, 0.05) is 58.6 Å². The molecule has 0 amide bonds. The van der Waals surface area contributed by atoms with Crippen molar-refractivity contribution >= 4 is 0 Å². The number of likely N-dealkylation sites (N-methyl/N-ethyl adjacent to an activating group) is 1. The maximum absolute atomic E-state index is 6.23. The van der Waals surface area contributed by atoms with Crippen LogP contribution in [0.2, 0.25) is 0 Å². The van der Waals surface area contributed by atoms with Gasteiger partial charge in [-0.05, 0) is 70.9 Å². The van der Waals surface area contributed by atoms with E-state index in [0.29, 0.717) is 24.2 Å². The van der Waals surface area contributed by atoms with Crippen molar-refractivity contribution in [3.63, 3.8) is 0 Å². The highest BCUT2D eigenvalue weighted by atomic mass is 16.5. The normalized spacial score (nSPS) is 26.6. The van der Waals surface area contributed by atoms with E-state index in [1.165, 1.54) is 25.0 Å². The molecule has 216 valence electrons. The molecule has 36 heavy (non-hydrogen) atoms. The van der Waals surface area contributed by atoms with Gasteiger partial charge in [0.25, 0.3) is 0 Å². The van der Waals surface area contributed by atoms with Crippen LogP contribution < -0.4 is 21.7 Å². The van der Waals surface area contributed by atoms with Crippen LogP contribution >= 0.6 is 0 Å². The number of allylic oxidation sites excluding steroid dienone is 1. The molecule has 0 aromatic rings. The Bertz CT molecular complexity index is 632. The summed E-state index contributed by atoms with van der Waals surface area (Å²) in [6, 6.07) is 1.56. The molecule has 0 saturated carbocycles. The fourth-order valence-corrected chi connectivity index (χ4v) is 5.25. The summed E-state index contributed by atoms with van der Waals surface area (Å²) >= 11 is 0. The zero-order chi connectivity index (χ0) is 25.6. The maximum atomic E-state index is 6.23. The number of nitrogens with zero attached hydrogens (tertiary/aromatic N) is 1. The number of methoxy groups -OCH3 is 1. The van der Waals surface area contributed by atoms with Crippen molar-refractivity contribution in [2.75, 3.05) is 46.5 Å². The van der Waals surface area contributed by atoms with E-state index >= 15 is 0 Å². The number of ether oxygens (including phenoxy) is 2. The molecule has 2 aliphatic heterocycles. The Morgan fingerprint density at radius 2 is 2.06 bits per heavy atom. The van der Waals surface area contributed by atoms with Crippen LogP contribution in [0.15, 0.2) is 24.0 Å². The first-order valence-corrected chi connectivity index (χ1v) is 14.1. The molecule has 0 bridgehead atoms. The Morgan fingerprint density at radius 1 is 1.33 bits per heavy atom. The first-order valence-electron chi connectivity index (χ1n) is 14.1. The molecule has 2 saturated heterocycles. The molecule has 2 fully saturated rings. The highest BCUT2D eigenvalue weighted by Gasteiger charge is 2.26. The summed E-state index contributed by atoms with van der Waals surface area (Å²) in [6.07, 6.45) is 10.7. The number of morpholine rings is 1. The average molecular weight is 516 g/mol. The van der Waals surface area contributed by atoms with Crippen molar-refractivity contribution in [2.45, 2.75) is 103 Å². The van der Waals surface area contributed by atoms with Gasteiger partial charge in [0.05, 0.1) is 19.3 Å². The lowest BCUT2D eigenvalue weighted by molar-refractivity contribution is 0.0220. The second-order valence-electron chi connectivity index (χ2n) is 10.5. The van der Waals surface area contributed by atoms with Crippen LogP contribution in [-0.2, 0) is 9.47 Å². The van der Waals surface area contributed by atoms with Crippen molar-refractivity contribution in [2.24, 2.45) is 11.7 Å². The van der Waals surface area contributed by atoms with E-state index in [4.69, 9.17) is 15.2 Å². The standard InChI is InChI=1S/C16H34N4.C12H21NO2.H2O.2H2/c1-5-14(9-10-15(17)12(3)18-6-2)20-13(4)16-8-7-11-19-16;1-10-3-4-11(12(9-10)14-2)13-5-7-15-8-6-13;;;/h12,14-16,18-20H,4-11,17H2,1-3H3;4,10,12H,3,5-9H2,1-2H3;1H2;2*1H/t12-,14?,15?,16-;;;;/m1..../s1. The van der Waals surface area contributed by atoms with Gasteiger partial charge in [0.15, 0.2) is 0 Å². The second kappa shape index (κ2) is 18.2. The van der Waals surface area contributed by atoms with E-state index in [0.717, 1.165) is 76.7 Å². The minimum atomic E-state index is 0. The predicted octanol–water partition coefficient (Wildman–Crippen LogP) is 3.04. The molecule has 8 heteroatoms. The molecular weight excluding hydrogens is 454 g/mol. The zero-order valence-electron chi connectivity index (χ0n) is 23.8. The molecular formula is C28H61N5O3. The molecule has 3 rings (SSSR count). The number of nitrogens with one attached hydrogen (secondary N) is 3. The zero-order valence-corrected chi connectivity index (χ0v) is 23.8. The monoisotopic (exact) mass is 515 g/mol. The van der Waals surface area contributed by atoms with Gasteiger partial charge in [-0.1, -0.05) is 33.4 Å². The summed E-state index contributed by atoms with van der Waals surface area (Å²) in [6.45, 7) is 18.8. The van der Waals surface area contributed by atoms with E-state index in [1.807, 2.05) is 7.11 Å². The number of nitrogens with two attached hydrogens (primary N) is 1. The minimum absolute atomic E-state index is 0. The second-order valence-corrected chi connectivity index (χ2v) is 10.5. The molecule has 1 aliphatic carbocycles. The predicted molar refractivity (Wildman–Crippen MR) is 155 cm³/mol. The maximum Gasteiger partial charge on any atom is 0.0966 e. The lowest BCUT2D eigenvalue weighted by atomic mass is 9.91. The first-order chi connectivity index (χ1) is 16.9. The Balaban J connectivity index is 0. The SMILES string of the molecule is C=C(NC(CC)CCC(N)[C@@H](C)NCC)[C@H]1CCCN1.COC1CC(C)CC=C1N1CCOCC1.O.[HH].[HH]. The average Bonchev–Trinajstić information content (AvgIpc) is 3.42. The van der Waals surface area contributed by atoms with Crippen LogP contribution in [0.3, 0.4) is 0 Å². The van der Waals surface area contributed by atoms with E-state index in [9.17, 15) is 0 Å². The Kier molecular flexibility index (Phi) is 16.6. The fourth-order valence-electron chi connectivity index (χ4n) is 5.25. The molecule has 0 spiro atoms. The van der Waals surface area contributed by atoms with E-state index in [2.05, 4.69) is 61.2 Å². The quantitative estimate of drug-likeness (QED) is 0.316. The highest BCUT2D eigenvalue weighted by Crippen LogP contribution is 2.28. The van der Waals surface area contributed by atoms with E-state index in [1.54, 1.807) is 0 Å². The van der Waals surface area contributed by atoms with Crippen LogP contribution in [0, 0.1) is 5.92 Å². The van der Waals surface area contributed by atoms with Gasteiger partial charge in [-0.2, -0.15) is 0 Å². The molecule has 3 aliphatic rings. The summed E-state index contributed by atoms with van der Waals surface area (Å²) in [5, 5.41) is 10.5. The Morgan fingerprint density at radius 3 is 2.64 bits per heavy atom. The summed E-state index contributed by atoms with van der Waals surface area (Å²) in [4.78, 5) is 2.42. The van der Waals surface area contributed by atoms with Gasteiger partial charge in [0.2, 0.25) is 0 Å². The molecule has 7 N–H and O–H groups in total. The van der Waals surface area contributed by atoms with Crippen LogP contribution in [-0.4, -0.2) is 87.2 Å². The van der Waals surface area contributed by atoms with E-state index in [-0.39, 0.29) is 14.4 Å². The smallest absolute Gasteiger partial charge is 0.0966 e. The third-order valence-electron chi connectivity index (χ3n) is 7.72. The summed E-state index contributed by atoms with van der Waals surface area (Å²) in [5.74, 6) is 0.750. The van der Waals surface area contributed by atoms with Gasteiger partial charge in [-0.3, -0.25) is 0 Å². The molecule has 0 aromatic carbocycles. The lowest BCUT2D eigenvalue weighted by Gasteiger charge is -2.37.